The number of hydrogen-bond donors (Lipinski definition) is 2. The second kappa shape index (κ2) is 9.43. The Morgan fingerprint density at radius 3 is 2.31 bits per heavy atom. The van der Waals surface area contributed by atoms with Gasteiger partial charge in [-0.25, -0.2) is 0 Å². The first-order valence-electron chi connectivity index (χ1n) is 8.71. The van der Waals surface area contributed by atoms with Gasteiger partial charge in [-0.05, 0) is 51.0 Å². The van der Waals surface area contributed by atoms with Crippen LogP contribution in [0, 0.1) is 13.8 Å². The van der Waals surface area contributed by atoms with Crippen LogP contribution in [0.15, 0.2) is 48.5 Å². The molecule has 0 fully saturated rings. The molecule has 2 aromatic rings. The van der Waals surface area contributed by atoms with Crippen LogP contribution in [-0.2, 0) is 9.59 Å². The molecule has 2 amide bonds. The predicted octanol–water partition coefficient (Wildman–Crippen LogP) is 4.24. The third kappa shape index (κ3) is 5.92. The Labute approximate surface area is 159 Å². The molecule has 2 unspecified atom stereocenters. The van der Waals surface area contributed by atoms with Crippen LogP contribution in [0.4, 0.5) is 5.69 Å². The van der Waals surface area contributed by atoms with Crippen LogP contribution in [0.1, 0.15) is 36.6 Å². The standard InChI is InChI=1S/C21H26N2O2S/c1-14-9-11-18(12-10-14)23-20(24)13-26-17(4)21(25)22-16(3)19-8-6-5-7-15(19)2/h5-12,16-17H,13H2,1-4H3,(H,22,25)(H,23,24). The highest BCUT2D eigenvalue weighted by Gasteiger charge is 2.18. The van der Waals surface area contributed by atoms with E-state index in [-0.39, 0.29) is 28.9 Å². The summed E-state index contributed by atoms with van der Waals surface area (Å²) in [6.45, 7) is 7.83. The van der Waals surface area contributed by atoms with Crippen LogP contribution in [-0.4, -0.2) is 22.8 Å². The van der Waals surface area contributed by atoms with E-state index in [0.29, 0.717) is 0 Å². The molecule has 2 atom stereocenters. The van der Waals surface area contributed by atoms with Crippen molar-refractivity contribution >= 4 is 29.3 Å². The lowest BCUT2D eigenvalue weighted by atomic mass is 10.0. The number of hydrogen-bond acceptors (Lipinski definition) is 3. The van der Waals surface area contributed by atoms with Gasteiger partial charge in [0.05, 0.1) is 17.0 Å². The average Bonchev–Trinajstić information content (AvgIpc) is 2.61. The molecule has 0 radical (unpaired) electrons. The zero-order valence-corrected chi connectivity index (χ0v) is 16.5. The topological polar surface area (TPSA) is 58.2 Å². The maximum absolute atomic E-state index is 12.4. The van der Waals surface area contributed by atoms with E-state index in [1.165, 1.54) is 11.8 Å². The van der Waals surface area contributed by atoms with E-state index in [0.717, 1.165) is 22.4 Å². The van der Waals surface area contributed by atoms with Gasteiger partial charge >= 0.3 is 0 Å². The highest BCUT2D eigenvalue weighted by molar-refractivity contribution is 8.01. The van der Waals surface area contributed by atoms with Gasteiger partial charge in [0.15, 0.2) is 0 Å². The van der Waals surface area contributed by atoms with E-state index in [1.807, 2.05) is 76.2 Å². The fraction of sp³-hybridized carbons (Fsp3) is 0.333. The SMILES string of the molecule is Cc1ccc(NC(=O)CSC(C)C(=O)NC(C)c2ccccc2C)cc1. The first-order valence-corrected chi connectivity index (χ1v) is 9.75. The van der Waals surface area contributed by atoms with Gasteiger partial charge in [0, 0.05) is 5.69 Å². The van der Waals surface area contributed by atoms with Crippen molar-refractivity contribution in [3.8, 4) is 0 Å². The second-order valence-electron chi connectivity index (χ2n) is 6.45. The van der Waals surface area contributed by atoms with Crippen molar-refractivity contribution in [2.75, 3.05) is 11.1 Å². The Hall–Kier alpha value is -2.27. The van der Waals surface area contributed by atoms with Crippen molar-refractivity contribution in [1.82, 2.24) is 5.32 Å². The normalized spacial score (nSPS) is 12.9. The molecule has 0 saturated carbocycles. The summed E-state index contributed by atoms with van der Waals surface area (Å²) in [5.74, 6) is 0.0700. The highest BCUT2D eigenvalue weighted by atomic mass is 32.2. The smallest absolute Gasteiger partial charge is 0.234 e. The van der Waals surface area contributed by atoms with Gasteiger partial charge in [-0.15, -0.1) is 11.8 Å². The molecule has 0 aliphatic carbocycles. The van der Waals surface area contributed by atoms with Gasteiger partial charge in [0.2, 0.25) is 11.8 Å². The van der Waals surface area contributed by atoms with Crippen molar-refractivity contribution in [3.63, 3.8) is 0 Å². The minimum atomic E-state index is -0.301. The molecule has 2 rings (SSSR count). The highest BCUT2D eigenvalue weighted by Crippen LogP contribution is 2.19. The fourth-order valence-corrected chi connectivity index (χ4v) is 3.28. The van der Waals surface area contributed by atoms with E-state index in [4.69, 9.17) is 0 Å². The van der Waals surface area contributed by atoms with E-state index < -0.39 is 0 Å². The molecular weight excluding hydrogens is 344 g/mol. The minimum absolute atomic E-state index is 0.0612. The molecule has 0 bridgehead atoms. The number of aryl methyl sites for hydroxylation is 2. The van der Waals surface area contributed by atoms with Crippen molar-refractivity contribution in [2.24, 2.45) is 0 Å². The van der Waals surface area contributed by atoms with Crippen molar-refractivity contribution in [3.05, 3.63) is 65.2 Å². The molecule has 0 aliphatic rings. The van der Waals surface area contributed by atoms with E-state index >= 15 is 0 Å². The maximum Gasteiger partial charge on any atom is 0.234 e. The van der Waals surface area contributed by atoms with Crippen LogP contribution in [0.5, 0.6) is 0 Å². The van der Waals surface area contributed by atoms with Gasteiger partial charge in [0.1, 0.15) is 0 Å². The Bertz CT molecular complexity index is 759. The fourth-order valence-electron chi connectivity index (χ4n) is 2.59. The minimum Gasteiger partial charge on any atom is -0.349 e. The molecule has 138 valence electrons. The van der Waals surface area contributed by atoms with Gasteiger partial charge in [-0.3, -0.25) is 9.59 Å². The van der Waals surface area contributed by atoms with Crippen molar-refractivity contribution < 1.29 is 9.59 Å². The lowest BCUT2D eigenvalue weighted by Gasteiger charge is -2.19. The summed E-state index contributed by atoms with van der Waals surface area (Å²) in [6, 6.07) is 15.6. The molecule has 0 spiro atoms. The summed E-state index contributed by atoms with van der Waals surface area (Å²) in [5, 5.41) is 5.57. The van der Waals surface area contributed by atoms with Gasteiger partial charge in [-0.1, -0.05) is 42.0 Å². The number of amides is 2. The summed E-state index contributed by atoms with van der Waals surface area (Å²) in [4.78, 5) is 24.4. The number of anilines is 1. The number of carbonyl (C=O) groups excluding carboxylic acids is 2. The molecule has 0 saturated heterocycles. The molecule has 0 aliphatic heterocycles. The summed E-state index contributed by atoms with van der Waals surface area (Å²) >= 11 is 1.33. The Morgan fingerprint density at radius 2 is 1.65 bits per heavy atom. The molecule has 2 aromatic carbocycles. The zero-order chi connectivity index (χ0) is 19.1. The van der Waals surface area contributed by atoms with Crippen LogP contribution < -0.4 is 10.6 Å². The summed E-state index contributed by atoms with van der Waals surface area (Å²) in [5.41, 5.74) is 4.17. The number of nitrogens with one attached hydrogen (secondary N) is 2. The van der Waals surface area contributed by atoms with Gasteiger partial charge in [0.25, 0.3) is 0 Å². The van der Waals surface area contributed by atoms with Crippen LogP contribution in [0.25, 0.3) is 0 Å². The molecule has 0 heterocycles. The molecule has 4 nitrogen and oxygen atoms in total. The lowest BCUT2D eigenvalue weighted by Crippen LogP contribution is -2.34. The molecule has 2 N–H and O–H groups in total. The number of carbonyl (C=O) groups is 2. The van der Waals surface area contributed by atoms with Crippen LogP contribution >= 0.6 is 11.8 Å². The first-order chi connectivity index (χ1) is 12.4. The quantitative estimate of drug-likeness (QED) is 0.766. The predicted molar refractivity (Wildman–Crippen MR) is 109 cm³/mol. The van der Waals surface area contributed by atoms with Gasteiger partial charge in [-0.2, -0.15) is 0 Å². The molecule has 5 heteroatoms. The number of thioether (sulfide) groups is 1. The Kier molecular flexibility index (Phi) is 7.27. The molecular formula is C21H26N2O2S. The third-order valence-corrected chi connectivity index (χ3v) is 5.33. The monoisotopic (exact) mass is 370 g/mol. The first kappa shape index (κ1) is 20.0. The van der Waals surface area contributed by atoms with Gasteiger partial charge < -0.3 is 10.6 Å². The average molecular weight is 371 g/mol. The zero-order valence-electron chi connectivity index (χ0n) is 15.7. The van der Waals surface area contributed by atoms with E-state index in [1.54, 1.807) is 0 Å². The van der Waals surface area contributed by atoms with Crippen LogP contribution in [0.3, 0.4) is 0 Å². The number of benzene rings is 2. The summed E-state index contributed by atoms with van der Waals surface area (Å²) in [7, 11) is 0. The third-order valence-electron chi connectivity index (χ3n) is 4.18. The molecule has 0 aromatic heterocycles. The summed E-state index contributed by atoms with van der Waals surface area (Å²) < 4.78 is 0. The van der Waals surface area contributed by atoms with Crippen molar-refractivity contribution in [2.45, 2.75) is 39.0 Å². The van der Waals surface area contributed by atoms with E-state index in [9.17, 15) is 9.59 Å². The lowest BCUT2D eigenvalue weighted by molar-refractivity contribution is -0.120. The molecule has 26 heavy (non-hydrogen) atoms. The van der Waals surface area contributed by atoms with Crippen molar-refractivity contribution in [1.29, 1.82) is 0 Å². The Morgan fingerprint density at radius 1 is 1.00 bits per heavy atom. The summed E-state index contributed by atoms with van der Waals surface area (Å²) in [6.07, 6.45) is 0. The van der Waals surface area contributed by atoms with Crippen LogP contribution in [0.2, 0.25) is 0 Å². The maximum atomic E-state index is 12.4. The number of rotatable bonds is 7. The van der Waals surface area contributed by atoms with E-state index in [2.05, 4.69) is 10.6 Å². The largest absolute Gasteiger partial charge is 0.349 e. The second-order valence-corrected chi connectivity index (χ2v) is 7.78. The Balaban J connectivity index is 1.80.